The number of benzene rings is 1. The van der Waals surface area contributed by atoms with Crippen molar-refractivity contribution in [1.29, 1.82) is 0 Å². The molecule has 3 rings (SSSR count). The monoisotopic (exact) mass is 475 g/mol. The van der Waals surface area contributed by atoms with Gasteiger partial charge in [-0.2, -0.15) is 0 Å². The average molecular weight is 476 g/mol. The number of anilines is 1. The molecule has 1 aliphatic rings. The molecule has 11 heteroatoms. The predicted molar refractivity (Wildman–Crippen MR) is 124 cm³/mol. The number of aromatic nitrogens is 1. The highest BCUT2D eigenvalue weighted by Crippen LogP contribution is 2.17. The summed E-state index contributed by atoms with van der Waals surface area (Å²) in [5, 5.41) is 5.23. The summed E-state index contributed by atoms with van der Waals surface area (Å²) in [4.78, 5) is 46.8. The van der Waals surface area contributed by atoms with Gasteiger partial charge in [0.05, 0.1) is 19.8 Å². The van der Waals surface area contributed by atoms with Gasteiger partial charge < -0.3 is 29.5 Å². The van der Waals surface area contributed by atoms with Crippen LogP contribution < -0.4 is 5.32 Å². The smallest absolute Gasteiger partial charge is 0.409 e. The molecule has 1 aromatic heterocycles. The van der Waals surface area contributed by atoms with Crippen LogP contribution in [0.25, 0.3) is 0 Å². The molecule has 1 fully saturated rings. The Kier molecular flexibility index (Phi) is 9.02. The Balaban J connectivity index is 1.58. The van der Waals surface area contributed by atoms with Crippen molar-refractivity contribution in [1.82, 2.24) is 19.7 Å². The van der Waals surface area contributed by atoms with Crippen molar-refractivity contribution >= 4 is 35.1 Å². The molecule has 2 heterocycles. The van der Waals surface area contributed by atoms with Gasteiger partial charge in [0.25, 0.3) is 5.91 Å². The minimum atomic E-state index is -0.356. The second kappa shape index (κ2) is 12.2. The van der Waals surface area contributed by atoms with Gasteiger partial charge in [-0.3, -0.25) is 4.79 Å². The molecule has 1 N–H and O–H groups in total. The molecule has 33 heavy (non-hydrogen) atoms. The zero-order valence-corrected chi connectivity index (χ0v) is 19.7. The zero-order chi connectivity index (χ0) is 23.6. The summed E-state index contributed by atoms with van der Waals surface area (Å²) >= 11 is 1.33. The fourth-order valence-corrected chi connectivity index (χ4v) is 4.07. The van der Waals surface area contributed by atoms with E-state index in [0.29, 0.717) is 62.3 Å². The molecule has 0 spiro atoms. The number of carbonyl (C=O) groups excluding carboxylic acids is 3. The van der Waals surface area contributed by atoms with Crippen molar-refractivity contribution < 1.29 is 23.9 Å². The van der Waals surface area contributed by atoms with Crippen molar-refractivity contribution in [3.8, 4) is 0 Å². The van der Waals surface area contributed by atoms with Gasteiger partial charge in [-0.1, -0.05) is 18.2 Å². The molecule has 4 amide bonds. The summed E-state index contributed by atoms with van der Waals surface area (Å²) in [5.74, 6) is -0.182. The highest BCUT2D eigenvalue weighted by Gasteiger charge is 2.27. The molecule has 0 atom stereocenters. The first-order chi connectivity index (χ1) is 16.0. The summed E-state index contributed by atoms with van der Waals surface area (Å²) in [6, 6.07) is 8.93. The minimum absolute atomic E-state index is 0.182. The number of para-hydroxylation sites is 1. The summed E-state index contributed by atoms with van der Waals surface area (Å²) in [6.45, 7) is 4.80. The quantitative estimate of drug-likeness (QED) is 0.630. The number of ether oxygens (including phenoxy) is 2. The minimum Gasteiger partial charge on any atom is -0.450 e. The Hall–Kier alpha value is -3.18. The molecule has 10 nitrogen and oxygen atoms in total. The van der Waals surface area contributed by atoms with E-state index in [1.165, 1.54) is 11.3 Å². The molecule has 2 aromatic rings. The summed E-state index contributed by atoms with van der Waals surface area (Å²) in [5.41, 5.74) is 1.04. The Bertz CT molecular complexity index is 930. The molecular formula is C22H29N5O5S. The second-order valence-corrected chi connectivity index (χ2v) is 8.26. The highest BCUT2D eigenvalue weighted by atomic mass is 32.1. The number of nitrogens with one attached hydrogen (secondary N) is 1. The fraction of sp³-hybridized carbons (Fsp3) is 0.455. The third kappa shape index (κ3) is 6.90. The molecule has 1 aromatic carbocycles. The Morgan fingerprint density at radius 2 is 1.82 bits per heavy atom. The van der Waals surface area contributed by atoms with E-state index in [9.17, 15) is 14.4 Å². The van der Waals surface area contributed by atoms with Crippen LogP contribution >= 0.6 is 11.3 Å². The molecule has 0 aliphatic carbocycles. The molecule has 1 saturated heterocycles. The van der Waals surface area contributed by atoms with Gasteiger partial charge in [-0.25, -0.2) is 14.6 Å². The summed E-state index contributed by atoms with van der Waals surface area (Å²) in [6.07, 6.45) is -0.356. The normalized spacial score (nSPS) is 13.5. The number of hydrogen-bond acceptors (Lipinski definition) is 7. The van der Waals surface area contributed by atoms with Crippen LogP contribution in [0.4, 0.5) is 15.3 Å². The Labute approximate surface area is 197 Å². The van der Waals surface area contributed by atoms with E-state index >= 15 is 0 Å². The number of rotatable bonds is 8. The maximum absolute atomic E-state index is 12.9. The number of urea groups is 1. The van der Waals surface area contributed by atoms with Gasteiger partial charge in [0.1, 0.15) is 10.7 Å². The van der Waals surface area contributed by atoms with Crippen molar-refractivity contribution in [3.05, 3.63) is 46.4 Å². The maximum atomic E-state index is 12.9. The number of methoxy groups -OCH3 is 1. The third-order valence-corrected chi connectivity index (χ3v) is 5.90. The van der Waals surface area contributed by atoms with Crippen LogP contribution in [-0.2, 0) is 16.0 Å². The van der Waals surface area contributed by atoms with E-state index in [0.717, 1.165) is 0 Å². The van der Waals surface area contributed by atoms with Crippen molar-refractivity contribution in [2.24, 2.45) is 0 Å². The molecule has 0 saturated carbocycles. The van der Waals surface area contributed by atoms with Crippen molar-refractivity contribution in [2.45, 2.75) is 13.5 Å². The molecule has 0 unspecified atom stereocenters. The average Bonchev–Trinajstić information content (AvgIpc) is 3.30. The van der Waals surface area contributed by atoms with E-state index in [2.05, 4.69) is 10.3 Å². The number of thiazole rings is 1. The van der Waals surface area contributed by atoms with Crippen LogP contribution in [0.3, 0.4) is 0 Å². The van der Waals surface area contributed by atoms with Crippen molar-refractivity contribution in [2.75, 3.05) is 58.4 Å². The van der Waals surface area contributed by atoms with E-state index in [-0.39, 0.29) is 24.6 Å². The van der Waals surface area contributed by atoms with Crippen LogP contribution in [0.2, 0.25) is 0 Å². The molecule has 1 aliphatic heterocycles. The van der Waals surface area contributed by atoms with Crippen LogP contribution in [0.15, 0.2) is 35.7 Å². The largest absolute Gasteiger partial charge is 0.450 e. The molecule has 0 bridgehead atoms. The SMILES string of the molecule is CCOC(=O)N1CCN(C(=O)c2csc(CN(CCOC)C(=O)Nc3ccccc3)n2)CC1. The Morgan fingerprint density at radius 1 is 1.12 bits per heavy atom. The molecular weight excluding hydrogens is 446 g/mol. The highest BCUT2D eigenvalue weighted by molar-refractivity contribution is 7.09. The van der Waals surface area contributed by atoms with E-state index < -0.39 is 0 Å². The van der Waals surface area contributed by atoms with Gasteiger partial charge >= 0.3 is 12.1 Å². The van der Waals surface area contributed by atoms with E-state index in [1.54, 1.807) is 34.1 Å². The standard InChI is InChI=1S/C22H29N5O5S/c1-3-32-22(30)26-11-9-25(10-12-26)20(28)18-16-33-19(24-18)15-27(13-14-31-2)21(29)23-17-7-5-4-6-8-17/h4-8,16H,3,9-15H2,1-2H3,(H,23,29). The molecule has 178 valence electrons. The Morgan fingerprint density at radius 3 is 2.48 bits per heavy atom. The number of hydrogen-bond donors (Lipinski definition) is 1. The first-order valence-electron chi connectivity index (χ1n) is 10.8. The lowest BCUT2D eigenvalue weighted by Crippen LogP contribution is -2.50. The van der Waals surface area contributed by atoms with E-state index in [1.807, 2.05) is 30.3 Å². The van der Waals surface area contributed by atoms with Gasteiger partial charge in [-0.05, 0) is 19.1 Å². The topological polar surface area (TPSA) is 104 Å². The van der Waals surface area contributed by atoms with E-state index in [4.69, 9.17) is 9.47 Å². The van der Waals surface area contributed by atoms with Crippen molar-refractivity contribution in [3.63, 3.8) is 0 Å². The van der Waals surface area contributed by atoms with Gasteiger partial charge in [0.15, 0.2) is 0 Å². The van der Waals surface area contributed by atoms with Crippen LogP contribution in [0.1, 0.15) is 22.4 Å². The summed E-state index contributed by atoms with van der Waals surface area (Å²) < 4.78 is 10.2. The summed E-state index contributed by atoms with van der Waals surface area (Å²) in [7, 11) is 1.58. The van der Waals surface area contributed by atoms with Crippen LogP contribution in [0.5, 0.6) is 0 Å². The second-order valence-electron chi connectivity index (χ2n) is 7.32. The number of carbonyl (C=O) groups is 3. The first-order valence-corrected chi connectivity index (χ1v) is 11.6. The number of nitrogens with zero attached hydrogens (tertiary/aromatic N) is 4. The lowest BCUT2D eigenvalue weighted by atomic mass is 10.3. The lowest BCUT2D eigenvalue weighted by Gasteiger charge is -2.33. The zero-order valence-electron chi connectivity index (χ0n) is 18.9. The fourth-order valence-electron chi connectivity index (χ4n) is 3.29. The number of piperazine rings is 1. The van der Waals surface area contributed by atoms with Crippen LogP contribution in [-0.4, -0.2) is 90.8 Å². The third-order valence-electron chi connectivity index (χ3n) is 5.07. The van der Waals surface area contributed by atoms with Crippen LogP contribution in [0, 0.1) is 0 Å². The first kappa shape index (κ1) is 24.5. The maximum Gasteiger partial charge on any atom is 0.409 e. The van der Waals surface area contributed by atoms with Gasteiger partial charge in [-0.15, -0.1) is 11.3 Å². The lowest BCUT2D eigenvalue weighted by molar-refractivity contribution is 0.0566. The molecule has 0 radical (unpaired) electrons. The van der Waals surface area contributed by atoms with Gasteiger partial charge in [0, 0.05) is 50.9 Å². The number of amides is 4. The predicted octanol–water partition coefficient (Wildman–Crippen LogP) is 2.74. The van der Waals surface area contributed by atoms with Gasteiger partial charge in [0.2, 0.25) is 0 Å².